The van der Waals surface area contributed by atoms with Crippen molar-refractivity contribution in [2.45, 2.75) is 11.8 Å². The first kappa shape index (κ1) is 18.1. The second-order valence-corrected chi connectivity index (χ2v) is 7.84. The molecule has 0 saturated heterocycles. The number of phenols is 1. The second kappa shape index (κ2) is 6.70. The van der Waals surface area contributed by atoms with E-state index in [1.807, 2.05) is 30.3 Å². The number of aryl methyl sites for hydroxylation is 1. The van der Waals surface area contributed by atoms with Gasteiger partial charge in [-0.3, -0.25) is 4.55 Å². The quantitative estimate of drug-likeness (QED) is 0.346. The Hall–Kier alpha value is -3.29. The summed E-state index contributed by atoms with van der Waals surface area (Å²) in [5, 5.41) is 21.7. The lowest BCUT2D eigenvalue weighted by Crippen LogP contribution is -1.99. The van der Waals surface area contributed by atoms with Gasteiger partial charge in [0.1, 0.15) is 10.6 Å². The molecule has 140 valence electrons. The molecule has 0 atom stereocenters. The fourth-order valence-corrected chi connectivity index (χ4v) is 3.88. The SMILES string of the molecule is Cc1cccc2cc(S(=O)(=O)O)c(N=Nc3ccc4ccccc4c3)c(O)c12. The van der Waals surface area contributed by atoms with Crippen molar-refractivity contribution in [1.29, 1.82) is 0 Å². The molecule has 0 aromatic heterocycles. The molecule has 2 N–H and O–H groups in total. The predicted octanol–water partition coefficient (Wildman–Crippen LogP) is 5.67. The molecule has 4 aromatic rings. The number of phenolic OH excluding ortho intramolecular Hbond substituents is 1. The van der Waals surface area contributed by atoms with Crippen LogP contribution in [-0.4, -0.2) is 18.1 Å². The van der Waals surface area contributed by atoms with Gasteiger partial charge in [-0.25, -0.2) is 0 Å². The summed E-state index contributed by atoms with van der Waals surface area (Å²) in [6.45, 7) is 1.79. The lowest BCUT2D eigenvalue weighted by Gasteiger charge is -2.10. The fourth-order valence-electron chi connectivity index (χ4n) is 3.22. The number of benzene rings is 4. The zero-order valence-corrected chi connectivity index (χ0v) is 15.7. The highest BCUT2D eigenvalue weighted by molar-refractivity contribution is 7.86. The van der Waals surface area contributed by atoms with E-state index in [-0.39, 0.29) is 11.4 Å². The van der Waals surface area contributed by atoms with Gasteiger partial charge in [-0.1, -0.05) is 48.5 Å². The Morgan fingerprint density at radius 2 is 1.54 bits per heavy atom. The summed E-state index contributed by atoms with van der Waals surface area (Å²) in [5.41, 5.74) is 0.945. The molecule has 0 amide bonds. The Morgan fingerprint density at radius 1 is 0.821 bits per heavy atom. The van der Waals surface area contributed by atoms with Gasteiger partial charge in [0, 0.05) is 5.39 Å². The maximum Gasteiger partial charge on any atom is 0.296 e. The summed E-state index contributed by atoms with van der Waals surface area (Å²) in [6.07, 6.45) is 0. The van der Waals surface area contributed by atoms with Crippen LogP contribution in [0.25, 0.3) is 21.5 Å². The van der Waals surface area contributed by atoms with Crippen molar-refractivity contribution in [3.8, 4) is 5.75 Å². The third-order valence-electron chi connectivity index (χ3n) is 4.56. The van der Waals surface area contributed by atoms with E-state index in [9.17, 15) is 18.1 Å². The van der Waals surface area contributed by atoms with Crippen LogP contribution >= 0.6 is 0 Å². The monoisotopic (exact) mass is 392 g/mol. The van der Waals surface area contributed by atoms with Gasteiger partial charge in [-0.05, 0) is 46.8 Å². The lowest BCUT2D eigenvalue weighted by molar-refractivity contribution is 0.472. The zero-order valence-electron chi connectivity index (χ0n) is 14.9. The van der Waals surface area contributed by atoms with Crippen LogP contribution in [0.1, 0.15) is 5.56 Å². The molecular weight excluding hydrogens is 376 g/mol. The topological polar surface area (TPSA) is 99.3 Å². The number of fused-ring (bicyclic) bond motifs is 2. The van der Waals surface area contributed by atoms with Crippen molar-refractivity contribution in [3.05, 3.63) is 72.3 Å². The smallest absolute Gasteiger partial charge is 0.296 e. The van der Waals surface area contributed by atoms with Crippen molar-refractivity contribution in [2.24, 2.45) is 10.2 Å². The summed E-state index contributed by atoms with van der Waals surface area (Å²) in [6, 6.07) is 19.6. The van der Waals surface area contributed by atoms with Crippen molar-refractivity contribution in [1.82, 2.24) is 0 Å². The predicted molar refractivity (Wildman–Crippen MR) is 108 cm³/mol. The molecule has 6 nitrogen and oxygen atoms in total. The van der Waals surface area contributed by atoms with E-state index in [0.717, 1.165) is 16.3 Å². The molecule has 0 spiro atoms. The van der Waals surface area contributed by atoms with Gasteiger partial charge in [0.15, 0.2) is 5.75 Å². The highest BCUT2D eigenvalue weighted by Gasteiger charge is 2.22. The molecule has 0 saturated carbocycles. The molecule has 28 heavy (non-hydrogen) atoms. The third kappa shape index (κ3) is 3.21. The van der Waals surface area contributed by atoms with E-state index in [1.54, 1.807) is 37.3 Å². The molecule has 0 aliphatic heterocycles. The van der Waals surface area contributed by atoms with Crippen LogP contribution in [0.2, 0.25) is 0 Å². The van der Waals surface area contributed by atoms with Crippen molar-refractivity contribution in [2.75, 3.05) is 0 Å². The minimum absolute atomic E-state index is 0.294. The lowest BCUT2D eigenvalue weighted by atomic mass is 10.0. The van der Waals surface area contributed by atoms with Gasteiger partial charge in [-0.15, -0.1) is 5.11 Å². The van der Waals surface area contributed by atoms with Crippen LogP contribution in [0.15, 0.2) is 81.9 Å². The molecule has 4 aromatic carbocycles. The maximum atomic E-state index is 11.9. The van der Waals surface area contributed by atoms with E-state index < -0.39 is 15.0 Å². The number of aromatic hydroxyl groups is 1. The van der Waals surface area contributed by atoms with E-state index in [4.69, 9.17) is 0 Å². The number of nitrogens with zero attached hydrogens (tertiary/aromatic N) is 2. The van der Waals surface area contributed by atoms with Crippen molar-refractivity contribution in [3.63, 3.8) is 0 Å². The van der Waals surface area contributed by atoms with E-state index in [0.29, 0.717) is 16.5 Å². The fraction of sp³-hybridized carbons (Fsp3) is 0.0476. The van der Waals surface area contributed by atoms with Crippen LogP contribution in [0.5, 0.6) is 5.75 Å². The van der Waals surface area contributed by atoms with Crippen molar-refractivity contribution < 1.29 is 18.1 Å². The second-order valence-electron chi connectivity index (χ2n) is 6.45. The van der Waals surface area contributed by atoms with Gasteiger partial charge >= 0.3 is 0 Å². The Morgan fingerprint density at radius 3 is 2.29 bits per heavy atom. The third-order valence-corrected chi connectivity index (χ3v) is 5.43. The van der Waals surface area contributed by atoms with E-state index in [2.05, 4.69) is 10.2 Å². The first-order chi connectivity index (χ1) is 13.3. The van der Waals surface area contributed by atoms with Crippen molar-refractivity contribution >= 4 is 43.0 Å². The molecule has 0 radical (unpaired) electrons. The summed E-state index contributed by atoms with van der Waals surface area (Å²) < 4.78 is 33.3. The summed E-state index contributed by atoms with van der Waals surface area (Å²) in [7, 11) is -4.61. The van der Waals surface area contributed by atoms with Crippen LogP contribution in [0.3, 0.4) is 0 Å². The van der Waals surface area contributed by atoms with Crippen LogP contribution < -0.4 is 0 Å². The molecule has 0 heterocycles. The van der Waals surface area contributed by atoms with Gasteiger partial charge < -0.3 is 5.11 Å². The zero-order chi connectivity index (χ0) is 19.9. The van der Waals surface area contributed by atoms with E-state index >= 15 is 0 Å². The Balaban J connectivity index is 1.92. The molecule has 0 aliphatic rings. The summed E-state index contributed by atoms with van der Waals surface area (Å²) >= 11 is 0. The minimum atomic E-state index is -4.61. The Bertz CT molecular complexity index is 1360. The number of azo groups is 1. The van der Waals surface area contributed by atoms with Crippen LogP contribution in [0.4, 0.5) is 11.4 Å². The molecule has 0 aliphatic carbocycles. The largest absolute Gasteiger partial charge is 0.505 e. The maximum absolute atomic E-state index is 11.9. The van der Waals surface area contributed by atoms with Crippen LogP contribution in [-0.2, 0) is 10.1 Å². The molecule has 0 unspecified atom stereocenters. The van der Waals surface area contributed by atoms with Gasteiger partial charge in [0.25, 0.3) is 10.1 Å². The van der Waals surface area contributed by atoms with Crippen LogP contribution in [0, 0.1) is 6.92 Å². The summed E-state index contributed by atoms with van der Waals surface area (Å²) in [4.78, 5) is -0.493. The molecular formula is C21H16N2O4S. The molecule has 0 fully saturated rings. The molecule has 7 heteroatoms. The number of hydrogen-bond acceptors (Lipinski definition) is 5. The first-order valence-electron chi connectivity index (χ1n) is 8.48. The number of hydrogen-bond donors (Lipinski definition) is 2. The molecule has 0 bridgehead atoms. The molecule has 4 rings (SSSR count). The average molecular weight is 392 g/mol. The average Bonchev–Trinajstić information content (AvgIpc) is 2.66. The Kier molecular flexibility index (Phi) is 4.33. The van der Waals surface area contributed by atoms with Gasteiger partial charge in [-0.2, -0.15) is 13.5 Å². The Labute approximate surface area is 161 Å². The minimum Gasteiger partial charge on any atom is -0.505 e. The standard InChI is InChI=1S/C21H16N2O4S/c1-13-5-4-8-16-12-18(28(25,26)27)20(21(24)19(13)16)23-22-17-10-9-14-6-2-3-7-15(14)11-17/h2-12,24H,1H3,(H,25,26,27). The van der Waals surface area contributed by atoms with Gasteiger partial charge in [0.05, 0.1) is 5.69 Å². The normalized spacial score (nSPS) is 12.2. The highest BCUT2D eigenvalue weighted by atomic mass is 32.2. The summed E-state index contributed by atoms with van der Waals surface area (Å²) in [5.74, 6) is -0.340. The first-order valence-corrected chi connectivity index (χ1v) is 9.92. The van der Waals surface area contributed by atoms with E-state index in [1.165, 1.54) is 6.07 Å². The van der Waals surface area contributed by atoms with Gasteiger partial charge in [0.2, 0.25) is 0 Å². The highest BCUT2D eigenvalue weighted by Crippen LogP contribution is 2.42. The number of rotatable bonds is 3.